The van der Waals surface area contributed by atoms with Crippen LogP contribution in [0, 0.1) is 6.92 Å². The third-order valence-electron chi connectivity index (χ3n) is 3.65. The Labute approximate surface area is 145 Å². The van der Waals surface area contributed by atoms with Gasteiger partial charge < -0.3 is 14.6 Å². The van der Waals surface area contributed by atoms with Gasteiger partial charge in [0.05, 0.1) is 0 Å². The molecule has 3 rings (SSSR count). The van der Waals surface area contributed by atoms with E-state index < -0.39 is 0 Å². The van der Waals surface area contributed by atoms with Crippen molar-refractivity contribution in [2.75, 3.05) is 11.9 Å². The van der Waals surface area contributed by atoms with Crippen molar-refractivity contribution in [3.05, 3.63) is 60.0 Å². The molecule has 1 amide bonds. The third kappa shape index (κ3) is 4.23. The van der Waals surface area contributed by atoms with E-state index in [1.807, 2.05) is 50.2 Å². The van der Waals surface area contributed by atoms with E-state index in [4.69, 9.17) is 9.26 Å². The van der Waals surface area contributed by atoms with Gasteiger partial charge in [0.15, 0.2) is 6.61 Å². The van der Waals surface area contributed by atoms with Gasteiger partial charge in [0.2, 0.25) is 11.7 Å². The van der Waals surface area contributed by atoms with E-state index in [-0.39, 0.29) is 12.5 Å². The molecule has 25 heavy (non-hydrogen) atoms. The van der Waals surface area contributed by atoms with Crippen LogP contribution in [0.1, 0.15) is 18.4 Å². The maximum atomic E-state index is 12.1. The molecule has 1 N–H and O–H groups in total. The smallest absolute Gasteiger partial charge is 0.262 e. The van der Waals surface area contributed by atoms with E-state index in [1.165, 1.54) is 0 Å². The maximum absolute atomic E-state index is 12.1. The van der Waals surface area contributed by atoms with Crippen LogP contribution in [-0.2, 0) is 11.2 Å². The molecule has 0 radical (unpaired) electrons. The van der Waals surface area contributed by atoms with Crippen molar-refractivity contribution in [2.45, 2.75) is 20.3 Å². The number of aromatic nitrogens is 2. The van der Waals surface area contributed by atoms with Crippen molar-refractivity contribution in [1.29, 1.82) is 0 Å². The molecule has 3 aromatic rings. The minimum absolute atomic E-state index is 0.0791. The number of ether oxygens (including phenoxy) is 1. The summed E-state index contributed by atoms with van der Waals surface area (Å²) in [5.74, 6) is 1.44. The SMILES string of the molecule is CCc1nc(-c2cccc(OCC(=O)Nc3ccccc3C)c2)no1. The number of carbonyl (C=O) groups is 1. The Kier molecular flexibility index (Phi) is 5.09. The lowest BCUT2D eigenvalue weighted by Crippen LogP contribution is -2.20. The molecule has 1 heterocycles. The molecule has 1 aromatic heterocycles. The van der Waals surface area contributed by atoms with Crippen molar-refractivity contribution < 1.29 is 14.1 Å². The second kappa shape index (κ2) is 7.61. The van der Waals surface area contributed by atoms with E-state index in [9.17, 15) is 4.79 Å². The normalized spacial score (nSPS) is 10.5. The number of rotatable bonds is 6. The molecule has 0 aliphatic heterocycles. The molecule has 6 heteroatoms. The van der Waals surface area contributed by atoms with Crippen LogP contribution in [0.4, 0.5) is 5.69 Å². The second-order valence-corrected chi connectivity index (χ2v) is 5.54. The Morgan fingerprint density at radius 3 is 2.80 bits per heavy atom. The molecular formula is C19H19N3O3. The first kappa shape index (κ1) is 16.7. The average Bonchev–Trinajstić information content (AvgIpc) is 3.11. The fourth-order valence-electron chi connectivity index (χ4n) is 2.29. The zero-order chi connectivity index (χ0) is 17.6. The Morgan fingerprint density at radius 2 is 2.04 bits per heavy atom. The van der Waals surface area contributed by atoms with E-state index in [0.717, 1.165) is 16.8 Å². The van der Waals surface area contributed by atoms with Crippen molar-refractivity contribution in [3.63, 3.8) is 0 Å². The van der Waals surface area contributed by atoms with Gasteiger partial charge in [-0.25, -0.2) is 0 Å². The van der Waals surface area contributed by atoms with Crippen LogP contribution in [0.5, 0.6) is 5.75 Å². The monoisotopic (exact) mass is 337 g/mol. The molecule has 0 fully saturated rings. The molecule has 128 valence electrons. The summed E-state index contributed by atoms with van der Waals surface area (Å²) in [6.07, 6.45) is 0.683. The molecule has 0 saturated heterocycles. The zero-order valence-corrected chi connectivity index (χ0v) is 14.2. The number of hydrogen-bond donors (Lipinski definition) is 1. The minimum Gasteiger partial charge on any atom is -0.484 e. The molecule has 0 bridgehead atoms. The summed E-state index contributed by atoms with van der Waals surface area (Å²) < 4.78 is 10.7. The largest absolute Gasteiger partial charge is 0.484 e. The highest BCUT2D eigenvalue weighted by Gasteiger charge is 2.09. The van der Waals surface area contributed by atoms with Crippen molar-refractivity contribution in [1.82, 2.24) is 10.1 Å². The molecule has 0 unspecified atom stereocenters. The number of anilines is 1. The quantitative estimate of drug-likeness (QED) is 0.743. The lowest BCUT2D eigenvalue weighted by atomic mass is 10.2. The number of amides is 1. The van der Waals surface area contributed by atoms with Gasteiger partial charge in [-0.1, -0.05) is 42.4 Å². The number of carbonyl (C=O) groups excluding carboxylic acids is 1. The van der Waals surface area contributed by atoms with Crippen LogP contribution in [0.15, 0.2) is 53.1 Å². The van der Waals surface area contributed by atoms with Crippen molar-refractivity contribution in [2.24, 2.45) is 0 Å². The van der Waals surface area contributed by atoms with Crippen molar-refractivity contribution >= 4 is 11.6 Å². The predicted molar refractivity (Wildman–Crippen MR) is 94.4 cm³/mol. The van der Waals surface area contributed by atoms with Crippen molar-refractivity contribution in [3.8, 4) is 17.1 Å². The lowest BCUT2D eigenvalue weighted by Gasteiger charge is -2.09. The standard InChI is InChI=1S/C19H19N3O3/c1-3-18-21-19(22-25-18)14-8-6-9-15(11-14)24-12-17(23)20-16-10-5-4-7-13(16)2/h4-11H,3,12H2,1-2H3,(H,20,23). The third-order valence-corrected chi connectivity index (χ3v) is 3.65. The molecule has 0 aliphatic carbocycles. The van der Waals surface area contributed by atoms with E-state index >= 15 is 0 Å². The summed E-state index contributed by atoms with van der Waals surface area (Å²) in [6.45, 7) is 3.81. The first-order valence-corrected chi connectivity index (χ1v) is 8.07. The molecular weight excluding hydrogens is 318 g/mol. The molecule has 2 aromatic carbocycles. The Balaban J connectivity index is 1.62. The lowest BCUT2D eigenvalue weighted by molar-refractivity contribution is -0.118. The number of para-hydroxylation sites is 1. The summed E-state index contributed by atoms with van der Waals surface area (Å²) in [5.41, 5.74) is 2.56. The van der Waals surface area contributed by atoms with Gasteiger partial charge in [0.25, 0.3) is 5.91 Å². The van der Waals surface area contributed by atoms with Gasteiger partial charge >= 0.3 is 0 Å². The molecule has 6 nitrogen and oxygen atoms in total. The highest BCUT2D eigenvalue weighted by molar-refractivity contribution is 5.92. The van der Waals surface area contributed by atoms with E-state index in [0.29, 0.717) is 23.9 Å². The number of nitrogens with zero attached hydrogens (tertiary/aromatic N) is 2. The van der Waals surface area contributed by atoms with Gasteiger partial charge in [-0.15, -0.1) is 0 Å². The summed E-state index contributed by atoms with van der Waals surface area (Å²) >= 11 is 0. The highest BCUT2D eigenvalue weighted by Crippen LogP contribution is 2.22. The number of hydrogen-bond acceptors (Lipinski definition) is 5. The van der Waals surface area contributed by atoms with Crippen LogP contribution in [0.3, 0.4) is 0 Å². The number of aryl methyl sites for hydroxylation is 2. The van der Waals surface area contributed by atoms with Gasteiger partial charge in [-0.2, -0.15) is 4.98 Å². The first-order chi connectivity index (χ1) is 12.2. The summed E-state index contributed by atoms with van der Waals surface area (Å²) in [6, 6.07) is 14.9. The van der Waals surface area contributed by atoms with E-state index in [2.05, 4.69) is 15.5 Å². The topological polar surface area (TPSA) is 77.2 Å². The Hall–Kier alpha value is -3.15. The Bertz CT molecular complexity index is 874. The van der Waals surface area contributed by atoms with Crippen LogP contribution in [0.2, 0.25) is 0 Å². The predicted octanol–water partition coefficient (Wildman–Crippen LogP) is 3.62. The molecule has 0 saturated carbocycles. The first-order valence-electron chi connectivity index (χ1n) is 8.07. The maximum Gasteiger partial charge on any atom is 0.262 e. The van der Waals surface area contributed by atoms with Gasteiger partial charge in [0, 0.05) is 17.7 Å². The molecule has 0 spiro atoms. The highest BCUT2D eigenvalue weighted by atomic mass is 16.5. The van der Waals surface area contributed by atoms with Crippen LogP contribution in [0.25, 0.3) is 11.4 Å². The van der Waals surface area contributed by atoms with Gasteiger partial charge in [0.1, 0.15) is 5.75 Å². The molecule has 0 aliphatic rings. The summed E-state index contributed by atoms with van der Waals surface area (Å²) in [7, 11) is 0. The van der Waals surface area contributed by atoms with Gasteiger partial charge in [-0.05, 0) is 30.7 Å². The van der Waals surface area contributed by atoms with Crippen LogP contribution < -0.4 is 10.1 Å². The van der Waals surface area contributed by atoms with E-state index in [1.54, 1.807) is 12.1 Å². The van der Waals surface area contributed by atoms with Gasteiger partial charge in [-0.3, -0.25) is 4.79 Å². The van der Waals surface area contributed by atoms with Crippen LogP contribution >= 0.6 is 0 Å². The fourth-order valence-corrected chi connectivity index (χ4v) is 2.29. The number of benzene rings is 2. The minimum atomic E-state index is -0.215. The average molecular weight is 337 g/mol. The summed E-state index contributed by atoms with van der Waals surface area (Å²) in [4.78, 5) is 16.3. The Morgan fingerprint density at radius 1 is 1.20 bits per heavy atom. The number of nitrogens with one attached hydrogen (secondary N) is 1. The zero-order valence-electron chi connectivity index (χ0n) is 14.2. The molecule has 0 atom stereocenters. The second-order valence-electron chi connectivity index (χ2n) is 5.54. The fraction of sp³-hybridized carbons (Fsp3) is 0.211. The summed E-state index contributed by atoms with van der Waals surface area (Å²) in [5, 5.41) is 6.77. The van der Waals surface area contributed by atoms with Crippen LogP contribution in [-0.4, -0.2) is 22.7 Å².